The van der Waals surface area contributed by atoms with E-state index in [9.17, 15) is 14.4 Å². The number of nitrogens with zero attached hydrogens (tertiary/aromatic N) is 4. The predicted octanol–water partition coefficient (Wildman–Crippen LogP) is -1.02. The van der Waals surface area contributed by atoms with Crippen molar-refractivity contribution < 1.29 is 9.59 Å². The lowest BCUT2D eigenvalue weighted by Crippen LogP contribution is -2.53. The van der Waals surface area contributed by atoms with Crippen LogP contribution in [0, 0.1) is 5.92 Å². The molecule has 2 atom stereocenters. The SMILES string of the molecule is CC[C@@H]1CN(C(=O)CCc2nnc(N)[nH]c2=O)CC[C@@H]1NC(=O)CN(C)C. The van der Waals surface area contributed by atoms with Gasteiger partial charge in [0.1, 0.15) is 5.69 Å². The summed E-state index contributed by atoms with van der Waals surface area (Å²) in [4.78, 5) is 42.3. The number of carbonyl (C=O) groups excluding carboxylic acids is 2. The van der Waals surface area contributed by atoms with Crippen LogP contribution in [-0.4, -0.2) is 76.6 Å². The Morgan fingerprint density at radius 3 is 2.74 bits per heavy atom. The van der Waals surface area contributed by atoms with Gasteiger partial charge < -0.3 is 20.9 Å². The highest BCUT2D eigenvalue weighted by Crippen LogP contribution is 2.21. The number of nitrogens with one attached hydrogen (secondary N) is 2. The van der Waals surface area contributed by atoms with Crippen molar-refractivity contribution in [2.45, 2.75) is 38.6 Å². The van der Waals surface area contributed by atoms with Crippen molar-refractivity contribution in [3.63, 3.8) is 0 Å². The standard InChI is InChI=1S/C17H29N7O3/c1-4-11-9-24(8-7-12(11)19-14(25)10-23(2)3)15(26)6-5-13-16(27)20-17(18)22-21-13/h11-12H,4-10H2,1-3H3,(H,19,25)(H3,18,20,22,27)/t11-,12+/m1/s1. The van der Waals surface area contributed by atoms with Crippen LogP contribution in [0.5, 0.6) is 0 Å². The molecule has 0 aliphatic carbocycles. The lowest BCUT2D eigenvalue weighted by molar-refractivity contribution is -0.133. The van der Waals surface area contributed by atoms with Crippen molar-refractivity contribution in [2.75, 3.05) is 39.5 Å². The molecule has 2 heterocycles. The van der Waals surface area contributed by atoms with E-state index in [1.807, 2.05) is 23.9 Å². The van der Waals surface area contributed by atoms with Crippen LogP contribution in [0.4, 0.5) is 5.95 Å². The number of aromatic nitrogens is 3. The number of hydrogen-bond donors (Lipinski definition) is 3. The maximum Gasteiger partial charge on any atom is 0.274 e. The van der Waals surface area contributed by atoms with Crippen molar-refractivity contribution in [1.82, 2.24) is 30.3 Å². The maximum absolute atomic E-state index is 12.5. The van der Waals surface area contributed by atoms with E-state index in [1.165, 1.54) is 0 Å². The van der Waals surface area contributed by atoms with Gasteiger partial charge in [0.15, 0.2) is 0 Å². The van der Waals surface area contributed by atoms with E-state index in [0.29, 0.717) is 19.6 Å². The highest BCUT2D eigenvalue weighted by molar-refractivity contribution is 5.78. The number of aromatic amines is 1. The fourth-order valence-electron chi connectivity index (χ4n) is 3.32. The number of anilines is 1. The molecule has 1 saturated heterocycles. The van der Waals surface area contributed by atoms with E-state index < -0.39 is 5.56 Å². The molecule has 1 fully saturated rings. The average molecular weight is 379 g/mol. The summed E-state index contributed by atoms with van der Waals surface area (Å²) in [5.41, 5.74) is 5.16. The number of likely N-dealkylation sites (tertiary alicyclic amines) is 1. The van der Waals surface area contributed by atoms with Gasteiger partial charge in [-0.25, -0.2) is 0 Å². The third kappa shape index (κ3) is 6.02. The van der Waals surface area contributed by atoms with Gasteiger partial charge in [-0.05, 0) is 32.9 Å². The van der Waals surface area contributed by atoms with Crippen LogP contribution in [0.2, 0.25) is 0 Å². The fraction of sp³-hybridized carbons (Fsp3) is 0.706. The molecule has 1 aromatic rings. The quantitative estimate of drug-likeness (QED) is 0.551. The van der Waals surface area contributed by atoms with Crippen LogP contribution in [0.1, 0.15) is 31.9 Å². The summed E-state index contributed by atoms with van der Waals surface area (Å²) in [7, 11) is 3.71. The molecular weight excluding hydrogens is 350 g/mol. The second-order valence-electron chi connectivity index (χ2n) is 7.19. The molecule has 0 bridgehead atoms. The number of amides is 2. The summed E-state index contributed by atoms with van der Waals surface area (Å²) in [6.07, 6.45) is 2.01. The first-order chi connectivity index (χ1) is 12.8. The molecule has 1 aliphatic heterocycles. The largest absolute Gasteiger partial charge is 0.368 e. The van der Waals surface area contributed by atoms with E-state index in [2.05, 4.69) is 27.4 Å². The van der Waals surface area contributed by atoms with E-state index in [-0.39, 0.29) is 48.3 Å². The molecule has 4 N–H and O–H groups in total. The molecule has 27 heavy (non-hydrogen) atoms. The van der Waals surface area contributed by atoms with Crippen LogP contribution in [-0.2, 0) is 16.0 Å². The number of H-pyrrole nitrogens is 1. The first-order valence-electron chi connectivity index (χ1n) is 9.23. The third-order valence-electron chi connectivity index (χ3n) is 4.78. The molecule has 2 amide bonds. The summed E-state index contributed by atoms with van der Waals surface area (Å²) in [5, 5.41) is 10.5. The molecule has 0 unspecified atom stereocenters. The summed E-state index contributed by atoms with van der Waals surface area (Å²) in [6, 6.07) is 0.0808. The topological polar surface area (TPSA) is 137 Å². The summed E-state index contributed by atoms with van der Waals surface area (Å²) in [6.45, 7) is 3.61. The Morgan fingerprint density at radius 2 is 2.11 bits per heavy atom. The molecule has 2 rings (SSSR count). The van der Waals surface area contributed by atoms with Crippen LogP contribution in [0.25, 0.3) is 0 Å². The number of carbonyl (C=O) groups is 2. The highest BCUT2D eigenvalue weighted by Gasteiger charge is 2.31. The Morgan fingerprint density at radius 1 is 1.37 bits per heavy atom. The van der Waals surface area contributed by atoms with Gasteiger partial charge in [0.25, 0.3) is 5.56 Å². The summed E-state index contributed by atoms with van der Waals surface area (Å²) in [5.74, 6) is 0.154. The molecule has 0 radical (unpaired) electrons. The molecule has 0 aromatic carbocycles. The van der Waals surface area contributed by atoms with Gasteiger partial charge in [-0.15, -0.1) is 10.2 Å². The zero-order valence-corrected chi connectivity index (χ0v) is 16.2. The fourth-order valence-corrected chi connectivity index (χ4v) is 3.32. The van der Waals surface area contributed by atoms with Crippen molar-refractivity contribution in [1.29, 1.82) is 0 Å². The van der Waals surface area contributed by atoms with Crippen LogP contribution in [0.3, 0.4) is 0 Å². The zero-order chi connectivity index (χ0) is 20.0. The molecule has 0 spiro atoms. The van der Waals surface area contributed by atoms with Gasteiger partial charge in [-0.3, -0.25) is 19.4 Å². The highest BCUT2D eigenvalue weighted by atomic mass is 16.2. The monoisotopic (exact) mass is 379 g/mol. The smallest absolute Gasteiger partial charge is 0.274 e. The van der Waals surface area contributed by atoms with Crippen LogP contribution >= 0.6 is 0 Å². The van der Waals surface area contributed by atoms with Crippen molar-refractivity contribution in [2.24, 2.45) is 5.92 Å². The van der Waals surface area contributed by atoms with E-state index in [1.54, 1.807) is 0 Å². The molecule has 10 nitrogen and oxygen atoms in total. The average Bonchev–Trinajstić information content (AvgIpc) is 2.60. The Hall–Kier alpha value is -2.49. The Kier molecular flexibility index (Phi) is 7.28. The number of rotatable bonds is 7. The first-order valence-corrected chi connectivity index (χ1v) is 9.23. The normalized spacial score (nSPS) is 19.9. The first kappa shape index (κ1) is 20.8. The Labute approximate surface area is 158 Å². The van der Waals surface area contributed by atoms with Crippen LogP contribution < -0.4 is 16.6 Å². The van der Waals surface area contributed by atoms with Gasteiger partial charge in [0.05, 0.1) is 6.54 Å². The number of aryl methyl sites for hydroxylation is 1. The Balaban J connectivity index is 1.88. The molecule has 1 aromatic heterocycles. The second-order valence-corrected chi connectivity index (χ2v) is 7.19. The number of hydrogen-bond acceptors (Lipinski definition) is 7. The Bertz CT molecular complexity index is 719. The molecule has 10 heteroatoms. The van der Waals surface area contributed by atoms with Crippen molar-refractivity contribution >= 4 is 17.8 Å². The van der Waals surface area contributed by atoms with Gasteiger partial charge in [-0.2, -0.15) is 0 Å². The lowest BCUT2D eigenvalue weighted by atomic mass is 9.89. The lowest BCUT2D eigenvalue weighted by Gasteiger charge is -2.38. The van der Waals surface area contributed by atoms with Crippen LogP contribution in [0.15, 0.2) is 4.79 Å². The molecular formula is C17H29N7O3. The minimum atomic E-state index is -0.413. The minimum Gasteiger partial charge on any atom is -0.368 e. The molecule has 1 aliphatic rings. The zero-order valence-electron chi connectivity index (χ0n) is 16.2. The van der Waals surface area contributed by atoms with E-state index in [4.69, 9.17) is 5.73 Å². The summed E-state index contributed by atoms with van der Waals surface area (Å²) >= 11 is 0. The van der Waals surface area contributed by atoms with Crippen molar-refractivity contribution in [3.05, 3.63) is 16.0 Å². The maximum atomic E-state index is 12.5. The van der Waals surface area contributed by atoms with Gasteiger partial charge in [-0.1, -0.05) is 6.92 Å². The number of piperidine rings is 1. The van der Waals surface area contributed by atoms with Gasteiger partial charge in [0, 0.05) is 32.0 Å². The number of likely N-dealkylation sites (N-methyl/N-ethyl adjacent to an activating group) is 1. The third-order valence-corrected chi connectivity index (χ3v) is 4.78. The minimum absolute atomic E-state index is 0.00405. The van der Waals surface area contributed by atoms with E-state index >= 15 is 0 Å². The van der Waals surface area contributed by atoms with Gasteiger partial charge in [0.2, 0.25) is 17.8 Å². The van der Waals surface area contributed by atoms with Crippen molar-refractivity contribution in [3.8, 4) is 0 Å². The molecule has 150 valence electrons. The predicted molar refractivity (Wildman–Crippen MR) is 101 cm³/mol. The molecule has 0 saturated carbocycles. The number of nitrogens with two attached hydrogens (primary N) is 1. The van der Waals surface area contributed by atoms with E-state index in [0.717, 1.165) is 12.8 Å². The van der Waals surface area contributed by atoms with Gasteiger partial charge >= 0.3 is 0 Å². The number of nitrogen functional groups attached to an aromatic ring is 1. The summed E-state index contributed by atoms with van der Waals surface area (Å²) < 4.78 is 0. The second kappa shape index (κ2) is 9.45.